The lowest BCUT2D eigenvalue weighted by molar-refractivity contribution is 0.206. The van der Waals surface area contributed by atoms with Crippen LogP contribution in [0.1, 0.15) is 35.9 Å². The van der Waals surface area contributed by atoms with Gasteiger partial charge < -0.3 is 18.7 Å². The van der Waals surface area contributed by atoms with Crippen molar-refractivity contribution in [1.82, 2.24) is 10.1 Å². The van der Waals surface area contributed by atoms with E-state index in [2.05, 4.69) is 10.1 Å². The number of ether oxygens (including phenoxy) is 3. The number of benzene rings is 1. The molecule has 0 spiro atoms. The molecule has 1 fully saturated rings. The van der Waals surface area contributed by atoms with Crippen LogP contribution in [0.2, 0.25) is 0 Å². The van der Waals surface area contributed by atoms with Crippen LogP contribution in [0.15, 0.2) is 22.7 Å². The smallest absolute Gasteiger partial charge is 0.203 e. The molecule has 3 rings (SSSR count). The first-order valence-electron chi connectivity index (χ1n) is 8.12. The van der Waals surface area contributed by atoms with E-state index in [-0.39, 0.29) is 6.04 Å². The molecule has 0 radical (unpaired) electrons. The number of hydrogen-bond donors (Lipinski definition) is 0. The first-order chi connectivity index (χ1) is 11.7. The molecule has 2 heterocycles. The van der Waals surface area contributed by atoms with E-state index >= 15 is 0 Å². The van der Waals surface area contributed by atoms with Gasteiger partial charge in [-0.25, -0.2) is 0 Å². The molecular formula is C18H24N2O4. The van der Waals surface area contributed by atoms with E-state index in [4.69, 9.17) is 18.7 Å². The summed E-state index contributed by atoms with van der Waals surface area (Å²) in [6, 6.07) is 6.30. The zero-order valence-electron chi connectivity index (χ0n) is 14.7. The predicted octanol–water partition coefficient (Wildman–Crippen LogP) is 3.35. The Morgan fingerprint density at radius 3 is 2.38 bits per heavy atom. The third-order valence-electron chi connectivity index (χ3n) is 4.45. The van der Waals surface area contributed by atoms with Gasteiger partial charge in [0.05, 0.1) is 33.1 Å². The predicted molar refractivity (Wildman–Crippen MR) is 89.7 cm³/mol. The molecule has 6 nitrogen and oxygen atoms in total. The van der Waals surface area contributed by atoms with E-state index in [9.17, 15) is 0 Å². The van der Waals surface area contributed by atoms with Gasteiger partial charge in [-0.05, 0) is 44.0 Å². The Morgan fingerprint density at radius 1 is 1.12 bits per heavy atom. The Balaban J connectivity index is 1.84. The molecule has 1 aliphatic heterocycles. The van der Waals surface area contributed by atoms with Crippen LogP contribution in [0, 0.1) is 6.92 Å². The van der Waals surface area contributed by atoms with Crippen molar-refractivity contribution >= 4 is 0 Å². The number of nitrogens with zero attached hydrogens (tertiary/aromatic N) is 2. The number of aromatic nitrogens is 1. The normalized spacial score (nSPS) is 17.9. The molecule has 0 N–H and O–H groups in total. The topological polar surface area (TPSA) is 57.0 Å². The van der Waals surface area contributed by atoms with E-state index in [1.54, 1.807) is 21.3 Å². The highest BCUT2D eigenvalue weighted by Gasteiger charge is 2.29. The van der Waals surface area contributed by atoms with Gasteiger partial charge in [-0.15, -0.1) is 0 Å². The lowest BCUT2D eigenvalue weighted by atomic mass is 10.1. The van der Waals surface area contributed by atoms with Crippen molar-refractivity contribution in [3.8, 4) is 17.2 Å². The lowest BCUT2D eigenvalue weighted by Gasteiger charge is -2.23. The van der Waals surface area contributed by atoms with Crippen molar-refractivity contribution in [2.75, 3.05) is 27.9 Å². The summed E-state index contributed by atoms with van der Waals surface area (Å²) in [5.74, 6) is 2.92. The van der Waals surface area contributed by atoms with Crippen molar-refractivity contribution in [3.05, 3.63) is 35.2 Å². The molecule has 1 saturated heterocycles. The van der Waals surface area contributed by atoms with Gasteiger partial charge >= 0.3 is 0 Å². The molecule has 2 aromatic rings. The van der Waals surface area contributed by atoms with Crippen molar-refractivity contribution < 1.29 is 18.7 Å². The van der Waals surface area contributed by atoms with Gasteiger partial charge in [-0.3, -0.25) is 4.90 Å². The summed E-state index contributed by atoms with van der Waals surface area (Å²) >= 11 is 0. The maximum Gasteiger partial charge on any atom is 0.203 e. The summed E-state index contributed by atoms with van der Waals surface area (Å²) in [6.45, 7) is 3.77. The summed E-state index contributed by atoms with van der Waals surface area (Å²) in [6.07, 6.45) is 2.23. The second kappa shape index (κ2) is 7.13. The van der Waals surface area contributed by atoms with Crippen LogP contribution in [0.4, 0.5) is 0 Å². The fourth-order valence-electron chi connectivity index (χ4n) is 3.34. The molecule has 1 aromatic heterocycles. The molecule has 6 heteroatoms. The molecule has 0 saturated carbocycles. The highest BCUT2D eigenvalue weighted by atomic mass is 16.5. The number of aryl methyl sites for hydroxylation is 1. The van der Waals surface area contributed by atoms with Gasteiger partial charge in [0.15, 0.2) is 17.3 Å². The van der Waals surface area contributed by atoms with Gasteiger partial charge in [-0.1, -0.05) is 5.16 Å². The number of likely N-dealkylation sites (tertiary alicyclic amines) is 1. The minimum atomic E-state index is 0.269. The second-order valence-electron chi connectivity index (χ2n) is 6.03. The average molecular weight is 332 g/mol. The molecule has 0 bridgehead atoms. The van der Waals surface area contributed by atoms with Crippen molar-refractivity contribution in [2.24, 2.45) is 0 Å². The van der Waals surface area contributed by atoms with Crippen LogP contribution < -0.4 is 14.2 Å². The second-order valence-corrected chi connectivity index (χ2v) is 6.03. The Hall–Kier alpha value is -2.21. The van der Waals surface area contributed by atoms with Gasteiger partial charge in [0.25, 0.3) is 0 Å². The van der Waals surface area contributed by atoms with E-state index in [1.165, 1.54) is 0 Å². The lowest BCUT2D eigenvalue weighted by Crippen LogP contribution is -2.22. The van der Waals surface area contributed by atoms with Gasteiger partial charge in [-0.2, -0.15) is 0 Å². The molecule has 1 aromatic carbocycles. The monoisotopic (exact) mass is 332 g/mol. The fourth-order valence-corrected chi connectivity index (χ4v) is 3.34. The minimum Gasteiger partial charge on any atom is -0.493 e. The Morgan fingerprint density at radius 2 is 1.83 bits per heavy atom. The van der Waals surface area contributed by atoms with Crippen LogP contribution in [-0.2, 0) is 6.54 Å². The largest absolute Gasteiger partial charge is 0.493 e. The molecule has 0 amide bonds. The maximum atomic E-state index is 5.48. The van der Waals surface area contributed by atoms with Crippen LogP contribution in [0.5, 0.6) is 17.2 Å². The van der Waals surface area contributed by atoms with Crippen LogP contribution >= 0.6 is 0 Å². The first kappa shape index (κ1) is 16.6. The van der Waals surface area contributed by atoms with Crippen LogP contribution in [0.3, 0.4) is 0 Å². The summed E-state index contributed by atoms with van der Waals surface area (Å²) < 4.78 is 21.8. The third kappa shape index (κ3) is 3.19. The van der Waals surface area contributed by atoms with Gasteiger partial charge in [0.2, 0.25) is 5.75 Å². The molecule has 130 valence electrons. The van der Waals surface area contributed by atoms with Crippen molar-refractivity contribution in [2.45, 2.75) is 32.4 Å². The van der Waals surface area contributed by atoms with E-state index < -0.39 is 0 Å². The Labute approximate surface area is 142 Å². The standard InChI is InChI=1S/C18H24N2O4/c1-12-8-15(24-19-12)14-6-5-7-20(14)11-13-9-16(21-2)18(23-4)17(10-13)22-3/h8-10,14H,5-7,11H2,1-4H3. The maximum absolute atomic E-state index is 5.48. The number of methoxy groups -OCH3 is 3. The Bertz CT molecular complexity index is 673. The molecule has 1 atom stereocenters. The van der Waals surface area contributed by atoms with Crippen LogP contribution in [-0.4, -0.2) is 37.9 Å². The molecular weight excluding hydrogens is 308 g/mol. The first-order valence-corrected chi connectivity index (χ1v) is 8.12. The zero-order chi connectivity index (χ0) is 17.1. The highest BCUT2D eigenvalue weighted by Crippen LogP contribution is 2.40. The van der Waals surface area contributed by atoms with E-state index in [0.717, 1.165) is 42.9 Å². The summed E-state index contributed by atoms with van der Waals surface area (Å²) in [7, 11) is 4.89. The molecule has 24 heavy (non-hydrogen) atoms. The number of hydrogen-bond acceptors (Lipinski definition) is 6. The minimum absolute atomic E-state index is 0.269. The summed E-state index contributed by atoms with van der Waals surface area (Å²) in [5.41, 5.74) is 2.04. The highest BCUT2D eigenvalue weighted by molar-refractivity contribution is 5.53. The third-order valence-corrected chi connectivity index (χ3v) is 4.45. The van der Waals surface area contributed by atoms with Gasteiger partial charge in [0.1, 0.15) is 0 Å². The number of rotatable bonds is 6. The molecule has 1 aliphatic rings. The average Bonchev–Trinajstić information content (AvgIpc) is 3.22. The van der Waals surface area contributed by atoms with Crippen molar-refractivity contribution in [3.63, 3.8) is 0 Å². The molecule has 0 aliphatic carbocycles. The summed E-state index contributed by atoms with van der Waals surface area (Å²) in [5, 5.41) is 4.02. The van der Waals surface area contributed by atoms with E-state index in [0.29, 0.717) is 17.2 Å². The quantitative estimate of drug-likeness (QED) is 0.808. The van der Waals surface area contributed by atoms with E-state index in [1.807, 2.05) is 25.1 Å². The fraction of sp³-hybridized carbons (Fsp3) is 0.500. The summed E-state index contributed by atoms with van der Waals surface area (Å²) in [4.78, 5) is 2.40. The Kier molecular flexibility index (Phi) is 4.94. The van der Waals surface area contributed by atoms with Crippen LogP contribution in [0.25, 0.3) is 0 Å². The van der Waals surface area contributed by atoms with Gasteiger partial charge in [0, 0.05) is 12.6 Å². The van der Waals surface area contributed by atoms with Crippen molar-refractivity contribution in [1.29, 1.82) is 0 Å². The zero-order valence-corrected chi connectivity index (χ0v) is 14.7. The SMILES string of the molecule is COc1cc(CN2CCCC2c2cc(C)no2)cc(OC)c1OC. The molecule has 1 unspecified atom stereocenters.